The molecule has 1 aliphatic rings. The highest BCUT2D eigenvalue weighted by atomic mass is 16.5. The molecule has 1 aliphatic carbocycles. The van der Waals surface area contributed by atoms with Crippen molar-refractivity contribution in [3.05, 3.63) is 30.0 Å². The van der Waals surface area contributed by atoms with E-state index in [-0.39, 0.29) is 0 Å². The summed E-state index contributed by atoms with van der Waals surface area (Å²) in [7, 11) is 0. The molecule has 3 nitrogen and oxygen atoms in total. The van der Waals surface area contributed by atoms with Gasteiger partial charge in [-0.3, -0.25) is 0 Å². The molecule has 0 amide bonds. The van der Waals surface area contributed by atoms with E-state index in [4.69, 9.17) is 4.74 Å². The van der Waals surface area contributed by atoms with Crippen molar-refractivity contribution in [1.29, 1.82) is 0 Å². The van der Waals surface area contributed by atoms with Crippen LogP contribution in [0, 0.1) is 6.92 Å². The van der Waals surface area contributed by atoms with E-state index in [9.17, 15) is 0 Å². The van der Waals surface area contributed by atoms with Gasteiger partial charge in [-0.2, -0.15) is 0 Å². The van der Waals surface area contributed by atoms with Crippen molar-refractivity contribution in [2.45, 2.75) is 32.7 Å². The molecule has 1 saturated carbocycles. The van der Waals surface area contributed by atoms with Gasteiger partial charge in [-0.25, -0.2) is 4.98 Å². The maximum absolute atomic E-state index is 5.64. The SMILES string of the molecule is CCOc1nc(C)cc2c(NC3CC3)cccc12. The Bertz CT molecular complexity index is 576. The molecule has 1 N–H and O–H groups in total. The molecule has 94 valence electrons. The predicted molar refractivity (Wildman–Crippen MR) is 74.3 cm³/mol. The Morgan fingerprint density at radius 3 is 2.89 bits per heavy atom. The molecule has 2 aromatic rings. The van der Waals surface area contributed by atoms with Crippen molar-refractivity contribution in [3.8, 4) is 5.88 Å². The molecule has 0 aliphatic heterocycles. The van der Waals surface area contributed by atoms with Crippen LogP contribution in [0.3, 0.4) is 0 Å². The van der Waals surface area contributed by atoms with Gasteiger partial charge in [-0.05, 0) is 44.9 Å². The number of aromatic nitrogens is 1. The van der Waals surface area contributed by atoms with Gasteiger partial charge in [0.05, 0.1) is 6.61 Å². The number of rotatable bonds is 4. The van der Waals surface area contributed by atoms with Gasteiger partial charge in [0.1, 0.15) is 0 Å². The Hall–Kier alpha value is -1.77. The monoisotopic (exact) mass is 242 g/mol. The Balaban J connectivity index is 2.13. The molecule has 1 aromatic carbocycles. The Morgan fingerprint density at radius 2 is 2.17 bits per heavy atom. The fraction of sp³-hybridized carbons (Fsp3) is 0.400. The third-order valence-electron chi connectivity index (χ3n) is 3.19. The van der Waals surface area contributed by atoms with Crippen molar-refractivity contribution in [2.75, 3.05) is 11.9 Å². The zero-order valence-corrected chi connectivity index (χ0v) is 10.9. The zero-order valence-electron chi connectivity index (χ0n) is 10.9. The second-order valence-corrected chi connectivity index (χ2v) is 4.82. The van der Waals surface area contributed by atoms with Crippen molar-refractivity contribution >= 4 is 16.5 Å². The molecule has 0 saturated heterocycles. The van der Waals surface area contributed by atoms with Crippen LogP contribution in [-0.4, -0.2) is 17.6 Å². The molecular weight excluding hydrogens is 224 g/mol. The van der Waals surface area contributed by atoms with Crippen molar-refractivity contribution in [2.24, 2.45) is 0 Å². The summed E-state index contributed by atoms with van der Waals surface area (Å²) in [5, 5.41) is 5.87. The normalized spacial score (nSPS) is 14.8. The largest absolute Gasteiger partial charge is 0.478 e. The minimum absolute atomic E-state index is 0.645. The number of benzene rings is 1. The summed E-state index contributed by atoms with van der Waals surface area (Å²) in [4.78, 5) is 4.48. The van der Waals surface area contributed by atoms with E-state index in [1.165, 1.54) is 23.9 Å². The van der Waals surface area contributed by atoms with Gasteiger partial charge in [0.25, 0.3) is 0 Å². The molecule has 0 spiro atoms. The van der Waals surface area contributed by atoms with Gasteiger partial charge >= 0.3 is 0 Å². The van der Waals surface area contributed by atoms with Crippen LogP contribution in [0.1, 0.15) is 25.5 Å². The summed E-state index contributed by atoms with van der Waals surface area (Å²) in [6, 6.07) is 9.05. The fourth-order valence-electron chi connectivity index (χ4n) is 2.19. The highest BCUT2D eigenvalue weighted by molar-refractivity contribution is 5.97. The zero-order chi connectivity index (χ0) is 12.5. The highest BCUT2D eigenvalue weighted by Crippen LogP contribution is 2.33. The first-order valence-electron chi connectivity index (χ1n) is 6.57. The van der Waals surface area contributed by atoms with Gasteiger partial charge < -0.3 is 10.1 Å². The molecular formula is C15H18N2O. The van der Waals surface area contributed by atoms with Gasteiger partial charge in [0, 0.05) is 28.2 Å². The molecule has 0 bridgehead atoms. The van der Waals surface area contributed by atoms with E-state index in [2.05, 4.69) is 34.6 Å². The molecule has 3 heteroatoms. The van der Waals surface area contributed by atoms with Gasteiger partial charge in [0.15, 0.2) is 0 Å². The smallest absolute Gasteiger partial charge is 0.221 e. The van der Waals surface area contributed by atoms with E-state index >= 15 is 0 Å². The van der Waals surface area contributed by atoms with Crippen molar-refractivity contribution in [1.82, 2.24) is 4.98 Å². The predicted octanol–water partition coefficient (Wildman–Crippen LogP) is 3.52. The van der Waals surface area contributed by atoms with E-state index in [1.807, 2.05) is 13.8 Å². The molecule has 1 heterocycles. The van der Waals surface area contributed by atoms with Gasteiger partial charge in [0.2, 0.25) is 5.88 Å². The lowest BCUT2D eigenvalue weighted by Gasteiger charge is -2.12. The van der Waals surface area contributed by atoms with E-state index in [0.29, 0.717) is 12.6 Å². The summed E-state index contributed by atoms with van der Waals surface area (Å²) in [5.41, 5.74) is 2.19. The van der Waals surface area contributed by atoms with Crippen LogP contribution in [0.25, 0.3) is 10.8 Å². The van der Waals surface area contributed by atoms with Crippen LogP contribution in [0.5, 0.6) is 5.88 Å². The number of ether oxygens (including phenoxy) is 1. The van der Waals surface area contributed by atoms with Crippen LogP contribution >= 0.6 is 0 Å². The second kappa shape index (κ2) is 4.48. The average molecular weight is 242 g/mol. The van der Waals surface area contributed by atoms with E-state index in [0.717, 1.165) is 17.0 Å². The number of hydrogen-bond acceptors (Lipinski definition) is 3. The molecule has 0 atom stereocenters. The van der Waals surface area contributed by atoms with Gasteiger partial charge in [-0.1, -0.05) is 6.07 Å². The first-order chi connectivity index (χ1) is 8.78. The highest BCUT2D eigenvalue weighted by Gasteiger charge is 2.21. The van der Waals surface area contributed by atoms with Crippen LogP contribution in [0.4, 0.5) is 5.69 Å². The topological polar surface area (TPSA) is 34.1 Å². The lowest BCUT2D eigenvalue weighted by atomic mass is 10.1. The third kappa shape index (κ3) is 2.13. The van der Waals surface area contributed by atoms with E-state index < -0.39 is 0 Å². The number of hydrogen-bond donors (Lipinski definition) is 1. The van der Waals surface area contributed by atoms with Crippen molar-refractivity contribution < 1.29 is 4.74 Å². The molecule has 1 aromatic heterocycles. The quantitative estimate of drug-likeness (QED) is 0.890. The number of anilines is 1. The standard InChI is InChI=1S/C15H18N2O/c1-3-18-15-12-5-4-6-14(17-11-7-8-11)13(12)9-10(2)16-15/h4-6,9,11,17H,3,7-8H2,1-2H3. The Kier molecular flexibility index (Phi) is 2.82. The molecule has 18 heavy (non-hydrogen) atoms. The molecule has 0 unspecified atom stereocenters. The third-order valence-corrected chi connectivity index (χ3v) is 3.19. The number of aryl methyl sites for hydroxylation is 1. The van der Waals surface area contributed by atoms with Crippen LogP contribution in [0.2, 0.25) is 0 Å². The maximum atomic E-state index is 5.64. The van der Waals surface area contributed by atoms with Crippen LogP contribution in [-0.2, 0) is 0 Å². The summed E-state index contributed by atoms with van der Waals surface area (Å²) in [5.74, 6) is 0.743. The summed E-state index contributed by atoms with van der Waals surface area (Å²) < 4.78 is 5.64. The summed E-state index contributed by atoms with van der Waals surface area (Å²) in [6.45, 7) is 4.64. The molecule has 1 fully saturated rings. The number of nitrogens with one attached hydrogen (secondary N) is 1. The molecule has 0 radical (unpaired) electrons. The summed E-state index contributed by atoms with van der Waals surface area (Å²) >= 11 is 0. The van der Waals surface area contributed by atoms with Crippen LogP contribution in [0.15, 0.2) is 24.3 Å². The summed E-state index contributed by atoms with van der Waals surface area (Å²) in [6.07, 6.45) is 2.55. The number of nitrogens with zero attached hydrogens (tertiary/aromatic N) is 1. The first kappa shape index (κ1) is 11.3. The Morgan fingerprint density at radius 1 is 1.33 bits per heavy atom. The minimum atomic E-state index is 0.645. The lowest BCUT2D eigenvalue weighted by Crippen LogP contribution is -2.03. The van der Waals surface area contributed by atoms with E-state index in [1.54, 1.807) is 0 Å². The first-order valence-corrected chi connectivity index (χ1v) is 6.57. The second-order valence-electron chi connectivity index (χ2n) is 4.82. The fourth-order valence-corrected chi connectivity index (χ4v) is 2.19. The lowest BCUT2D eigenvalue weighted by molar-refractivity contribution is 0.331. The number of pyridine rings is 1. The van der Waals surface area contributed by atoms with Crippen LogP contribution < -0.4 is 10.1 Å². The van der Waals surface area contributed by atoms with Gasteiger partial charge in [-0.15, -0.1) is 0 Å². The minimum Gasteiger partial charge on any atom is -0.478 e. The Labute approximate surface area is 107 Å². The number of fused-ring (bicyclic) bond motifs is 1. The maximum Gasteiger partial charge on any atom is 0.221 e. The van der Waals surface area contributed by atoms with Crippen molar-refractivity contribution in [3.63, 3.8) is 0 Å². The average Bonchev–Trinajstić information content (AvgIpc) is 3.14. The molecule has 3 rings (SSSR count).